The summed E-state index contributed by atoms with van der Waals surface area (Å²) in [5.74, 6) is 0.278. The van der Waals surface area contributed by atoms with Gasteiger partial charge in [-0.1, -0.05) is 13.0 Å². The molecule has 3 heteroatoms. The van der Waals surface area contributed by atoms with Crippen molar-refractivity contribution in [3.05, 3.63) is 28.5 Å². The van der Waals surface area contributed by atoms with Gasteiger partial charge in [-0.05, 0) is 34.5 Å². The molecule has 0 bridgehead atoms. The van der Waals surface area contributed by atoms with Gasteiger partial charge in [0.1, 0.15) is 11.6 Å². The van der Waals surface area contributed by atoms with E-state index in [0.717, 1.165) is 6.42 Å². The van der Waals surface area contributed by atoms with Crippen molar-refractivity contribution in [3.63, 3.8) is 0 Å². The molecular formula is C9H10BrFO. The topological polar surface area (TPSA) is 9.23 Å². The Bertz CT molecular complexity index is 263. The summed E-state index contributed by atoms with van der Waals surface area (Å²) in [6.07, 6.45) is 0.920. The summed E-state index contributed by atoms with van der Waals surface area (Å²) in [4.78, 5) is 0. The number of hydrogen-bond acceptors (Lipinski definition) is 1. The molecule has 0 aliphatic rings. The fourth-order valence-corrected chi connectivity index (χ4v) is 1.19. The molecule has 12 heavy (non-hydrogen) atoms. The third kappa shape index (κ3) is 2.21. The molecule has 1 rings (SSSR count). The van der Waals surface area contributed by atoms with Gasteiger partial charge in [-0.2, -0.15) is 0 Å². The lowest BCUT2D eigenvalue weighted by Gasteiger charge is -2.06. The normalized spacial score (nSPS) is 9.92. The quantitative estimate of drug-likeness (QED) is 0.777. The number of halogens is 2. The maximum absolute atomic E-state index is 12.9. The van der Waals surface area contributed by atoms with Crippen molar-refractivity contribution in [2.75, 3.05) is 6.61 Å². The zero-order valence-electron chi connectivity index (χ0n) is 6.81. The Balaban J connectivity index is 2.78. The van der Waals surface area contributed by atoms with Crippen LogP contribution in [0.4, 0.5) is 4.39 Å². The van der Waals surface area contributed by atoms with Crippen LogP contribution in [-0.2, 0) is 0 Å². The molecule has 0 fully saturated rings. The lowest BCUT2D eigenvalue weighted by molar-refractivity contribution is 0.313. The van der Waals surface area contributed by atoms with Crippen LogP contribution in [0.25, 0.3) is 0 Å². The Morgan fingerprint density at radius 1 is 1.50 bits per heavy atom. The van der Waals surface area contributed by atoms with E-state index in [2.05, 4.69) is 15.9 Å². The minimum Gasteiger partial charge on any atom is -0.492 e. The van der Waals surface area contributed by atoms with Gasteiger partial charge >= 0.3 is 0 Å². The molecule has 1 aromatic rings. The van der Waals surface area contributed by atoms with Gasteiger partial charge in [0.2, 0.25) is 0 Å². The minimum atomic E-state index is -0.288. The van der Waals surface area contributed by atoms with Gasteiger partial charge in [0, 0.05) is 0 Å². The average molecular weight is 233 g/mol. The Kier molecular flexibility index (Phi) is 3.53. The molecule has 0 atom stereocenters. The van der Waals surface area contributed by atoms with E-state index in [1.807, 2.05) is 6.92 Å². The predicted molar refractivity (Wildman–Crippen MR) is 49.9 cm³/mol. The van der Waals surface area contributed by atoms with Crippen LogP contribution in [0.15, 0.2) is 22.7 Å². The van der Waals surface area contributed by atoms with E-state index in [4.69, 9.17) is 4.74 Å². The van der Waals surface area contributed by atoms with Gasteiger partial charge < -0.3 is 4.74 Å². The zero-order chi connectivity index (χ0) is 8.97. The molecule has 0 saturated heterocycles. The van der Waals surface area contributed by atoms with Crippen molar-refractivity contribution in [2.24, 2.45) is 0 Å². The molecule has 0 radical (unpaired) electrons. The molecule has 0 saturated carbocycles. The highest BCUT2D eigenvalue weighted by Crippen LogP contribution is 2.27. The van der Waals surface area contributed by atoms with E-state index < -0.39 is 0 Å². The van der Waals surface area contributed by atoms with Crippen molar-refractivity contribution in [1.29, 1.82) is 0 Å². The highest BCUT2D eigenvalue weighted by molar-refractivity contribution is 9.10. The molecule has 1 nitrogen and oxygen atoms in total. The highest BCUT2D eigenvalue weighted by atomic mass is 79.9. The van der Waals surface area contributed by atoms with Crippen LogP contribution < -0.4 is 4.74 Å². The summed E-state index contributed by atoms with van der Waals surface area (Å²) >= 11 is 3.11. The molecule has 0 unspecified atom stereocenters. The van der Waals surface area contributed by atoms with Crippen LogP contribution in [0.5, 0.6) is 5.75 Å². The Hall–Kier alpha value is -0.570. The molecule has 1 aromatic carbocycles. The number of ether oxygens (including phenoxy) is 1. The number of rotatable bonds is 3. The van der Waals surface area contributed by atoms with Crippen molar-refractivity contribution >= 4 is 15.9 Å². The van der Waals surface area contributed by atoms with E-state index in [0.29, 0.717) is 16.8 Å². The molecule has 0 heterocycles. The standard InChI is InChI=1S/C9H10BrFO/c1-2-6-12-8-5-3-4-7(11)9(8)10/h3-5H,2,6H2,1H3. The molecule has 66 valence electrons. The lowest BCUT2D eigenvalue weighted by Crippen LogP contribution is -1.96. The molecule has 0 aliphatic carbocycles. The van der Waals surface area contributed by atoms with Gasteiger partial charge in [0.15, 0.2) is 0 Å². The second-order valence-electron chi connectivity index (χ2n) is 2.40. The van der Waals surface area contributed by atoms with E-state index >= 15 is 0 Å². The fraction of sp³-hybridized carbons (Fsp3) is 0.333. The Morgan fingerprint density at radius 2 is 2.25 bits per heavy atom. The van der Waals surface area contributed by atoms with Gasteiger partial charge in [-0.15, -0.1) is 0 Å². The second kappa shape index (κ2) is 4.45. The summed E-state index contributed by atoms with van der Waals surface area (Å²) in [5, 5.41) is 0. The van der Waals surface area contributed by atoms with E-state index in [1.54, 1.807) is 12.1 Å². The van der Waals surface area contributed by atoms with Crippen LogP contribution in [0.1, 0.15) is 13.3 Å². The van der Waals surface area contributed by atoms with Crippen LogP contribution in [0.3, 0.4) is 0 Å². The minimum absolute atomic E-state index is 0.288. The first-order chi connectivity index (χ1) is 5.75. The SMILES string of the molecule is CCCOc1cccc(F)c1Br. The summed E-state index contributed by atoms with van der Waals surface area (Å²) < 4.78 is 18.6. The third-order valence-electron chi connectivity index (χ3n) is 1.38. The first-order valence-corrected chi connectivity index (χ1v) is 4.61. The third-order valence-corrected chi connectivity index (χ3v) is 2.15. The first kappa shape index (κ1) is 9.52. The smallest absolute Gasteiger partial charge is 0.141 e. The summed E-state index contributed by atoms with van der Waals surface area (Å²) in [6.45, 7) is 2.62. The summed E-state index contributed by atoms with van der Waals surface area (Å²) in [7, 11) is 0. The zero-order valence-corrected chi connectivity index (χ0v) is 8.40. The second-order valence-corrected chi connectivity index (χ2v) is 3.19. The lowest BCUT2D eigenvalue weighted by atomic mass is 10.3. The molecule has 0 aliphatic heterocycles. The summed E-state index contributed by atoms with van der Waals surface area (Å²) in [6, 6.07) is 4.76. The highest BCUT2D eigenvalue weighted by Gasteiger charge is 2.04. The maximum Gasteiger partial charge on any atom is 0.141 e. The molecule has 0 aromatic heterocycles. The van der Waals surface area contributed by atoms with E-state index in [9.17, 15) is 4.39 Å². The first-order valence-electron chi connectivity index (χ1n) is 3.82. The Morgan fingerprint density at radius 3 is 2.92 bits per heavy atom. The van der Waals surface area contributed by atoms with Crippen molar-refractivity contribution < 1.29 is 9.13 Å². The monoisotopic (exact) mass is 232 g/mol. The van der Waals surface area contributed by atoms with Crippen LogP contribution >= 0.6 is 15.9 Å². The van der Waals surface area contributed by atoms with Gasteiger partial charge in [-0.25, -0.2) is 4.39 Å². The van der Waals surface area contributed by atoms with Gasteiger partial charge in [0.25, 0.3) is 0 Å². The molecule has 0 amide bonds. The Labute approximate surface area is 79.7 Å². The van der Waals surface area contributed by atoms with Gasteiger partial charge in [0.05, 0.1) is 11.1 Å². The van der Waals surface area contributed by atoms with Crippen molar-refractivity contribution in [2.45, 2.75) is 13.3 Å². The van der Waals surface area contributed by atoms with E-state index in [1.165, 1.54) is 6.07 Å². The number of benzene rings is 1. The van der Waals surface area contributed by atoms with Gasteiger partial charge in [-0.3, -0.25) is 0 Å². The van der Waals surface area contributed by atoms with Crippen LogP contribution in [0.2, 0.25) is 0 Å². The van der Waals surface area contributed by atoms with Crippen LogP contribution in [0, 0.1) is 5.82 Å². The van der Waals surface area contributed by atoms with Crippen molar-refractivity contribution in [3.8, 4) is 5.75 Å². The van der Waals surface area contributed by atoms with Crippen LogP contribution in [-0.4, -0.2) is 6.61 Å². The largest absolute Gasteiger partial charge is 0.492 e. The average Bonchev–Trinajstić information content (AvgIpc) is 2.08. The molecular weight excluding hydrogens is 223 g/mol. The van der Waals surface area contributed by atoms with Crippen molar-refractivity contribution in [1.82, 2.24) is 0 Å². The summed E-state index contributed by atoms with van der Waals surface area (Å²) in [5.41, 5.74) is 0. The molecule has 0 spiro atoms. The number of hydrogen-bond donors (Lipinski definition) is 0. The van der Waals surface area contributed by atoms with E-state index in [-0.39, 0.29) is 5.82 Å². The predicted octanol–water partition coefficient (Wildman–Crippen LogP) is 3.38. The maximum atomic E-state index is 12.9. The fourth-order valence-electron chi connectivity index (χ4n) is 0.808. The molecule has 0 N–H and O–H groups in total.